The maximum Gasteiger partial charge on any atom is 0.314 e. The van der Waals surface area contributed by atoms with Crippen molar-refractivity contribution in [2.75, 3.05) is 5.14 Å². The van der Waals surface area contributed by atoms with Gasteiger partial charge in [0.15, 0.2) is 0 Å². The van der Waals surface area contributed by atoms with E-state index < -0.39 is 10.7 Å². The van der Waals surface area contributed by atoms with Crippen LogP contribution >= 0.6 is 10.7 Å². The van der Waals surface area contributed by atoms with E-state index in [9.17, 15) is 0 Å². The number of hydrogen-bond donors (Lipinski definition) is 1. The lowest BCUT2D eigenvalue weighted by molar-refractivity contribution is 0.565. The molecule has 2 aromatic heterocycles. The molecule has 0 bridgehead atoms. The lowest BCUT2D eigenvalue weighted by Gasteiger charge is -2.14. The molecule has 1 atom stereocenters. The van der Waals surface area contributed by atoms with Crippen LogP contribution in [0, 0.1) is 0 Å². The van der Waals surface area contributed by atoms with Crippen molar-refractivity contribution in [1.82, 2.24) is 19.7 Å². The van der Waals surface area contributed by atoms with Gasteiger partial charge in [-0.2, -0.15) is 14.8 Å². The van der Waals surface area contributed by atoms with Gasteiger partial charge in [-0.15, -0.1) is 5.14 Å². The van der Waals surface area contributed by atoms with Crippen LogP contribution in [-0.2, 0) is 11.8 Å². The number of nitrogens with zero attached hydrogens (tertiary/aromatic N) is 4. The van der Waals surface area contributed by atoms with Crippen molar-refractivity contribution < 1.29 is 0 Å². The Kier molecular flexibility index (Phi) is 3.80. The topological polar surface area (TPSA) is 69.6 Å². The number of benzene rings is 1. The van der Waals surface area contributed by atoms with Gasteiger partial charge >= 0.3 is 5.00 Å². The van der Waals surface area contributed by atoms with E-state index in [1.54, 1.807) is 11.0 Å². The highest BCUT2D eigenvalue weighted by atomic mass is 32.2. The average Bonchev–Trinajstić information content (AvgIpc) is 3.08. The Labute approximate surface area is 133 Å². The number of aromatic nitrogens is 4. The molecule has 0 spiro atoms. The first-order valence-corrected chi connectivity index (χ1v) is 8.45. The quantitative estimate of drug-likeness (QED) is 0.754. The lowest BCUT2D eigenvalue weighted by Crippen LogP contribution is -2.15. The molecule has 0 saturated heterocycles. The zero-order chi connectivity index (χ0) is 15.7. The minimum Gasteiger partial charge on any atom is -0.223 e. The smallest absolute Gasteiger partial charge is 0.223 e. The molecule has 22 heavy (non-hydrogen) atoms. The fourth-order valence-electron chi connectivity index (χ4n) is 2.34. The summed E-state index contributed by atoms with van der Waals surface area (Å²) in [5.74, 6) is 0. The summed E-state index contributed by atoms with van der Waals surface area (Å²) >= 11 is 0. The molecule has 2 N–H and O–H groups in total. The second-order valence-electron chi connectivity index (χ2n) is 6.25. The molecule has 0 aliphatic heterocycles. The Bertz CT molecular complexity index is 754. The molecule has 0 fully saturated rings. The van der Waals surface area contributed by atoms with Gasteiger partial charge in [0, 0.05) is 5.41 Å². The van der Waals surface area contributed by atoms with Crippen LogP contribution in [0.1, 0.15) is 37.0 Å². The second-order valence-corrected chi connectivity index (χ2v) is 7.78. The molecule has 0 aliphatic rings. The SMILES string of the molecule is CC(C)(C)c1nc(Cc2ccccc2)[s+](N)c1-n1cncn1. The summed E-state index contributed by atoms with van der Waals surface area (Å²) in [4.78, 5) is 8.91. The zero-order valence-corrected chi connectivity index (χ0v) is 13.8. The predicted octanol–water partition coefficient (Wildman–Crippen LogP) is 3.01. The minimum absolute atomic E-state index is 0.0929. The maximum absolute atomic E-state index is 6.50. The largest absolute Gasteiger partial charge is 0.314 e. The third kappa shape index (κ3) is 2.80. The van der Waals surface area contributed by atoms with E-state index in [1.165, 1.54) is 11.9 Å². The van der Waals surface area contributed by atoms with Gasteiger partial charge in [0.1, 0.15) is 29.0 Å². The zero-order valence-electron chi connectivity index (χ0n) is 13.0. The molecular weight excluding hydrogens is 294 g/mol. The highest BCUT2D eigenvalue weighted by Gasteiger charge is 2.35. The highest BCUT2D eigenvalue weighted by molar-refractivity contribution is 7.33. The Morgan fingerprint density at radius 1 is 1.18 bits per heavy atom. The van der Waals surface area contributed by atoms with Crippen LogP contribution in [0.5, 0.6) is 0 Å². The Morgan fingerprint density at radius 3 is 2.50 bits per heavy atom. The van der Waals surface area contributed by atoms with Crippen LogP contribution in [0.25, 0.3) is 5.00 Å². The molecule has 6 heteroatoms. The third-order valence-electron chi connectivity index (χ3n) is 3.44. The van der Waals surface area contributed by atoms with Crippen LogP contribution < -0.4 is 5.14 Å². The molecule has 0 saturated carbocycles. The Hall–Kier alpha value is -2.05. The molecule has 3 aromatic rings. The molecular formula is C16H20N5S+. The van der Waals surface area contributed by atoms with Crippen molar-refractivity contribution in [3.05, 3.63) is 59.3 Å². The van der Waals surface area contributed by atoms with E-state index in [2.05, 4.69) is 43.0 Å². The van der Waals surface area contributed by atoms with E-state index in [0.29, 0.717) is 0 Å². The van der Waals surface area contributed by atoms with Gasteiger partial charge < -0.3 is 0 Å². The first kappa shape index (κ1) is 14.9. The summed E-state index contributed by atoms with van der Waals surface area (Å²) in [6, 6.07) is 10.3. The normalized spacial score (nSPS) is 12.6. The average molecular weight is 314 g/mol. The van der Waals surface area contributed by atoms with Crippen LogP contribution in [0.15, 0.2) is 43.0 Å². The Morgan fingerprint density at radius 2 is 1.91 bits per heavy atom. The summed E-state index contributed by atoms with van der Waals surface area (Å²) in [6.07, 6.45) is 3.98. The van der Waals surface area contributed by atoms with E-state index in [4.69, 9.17) is 10.1 Å². The van der Waals surface area contributed by atoms with Gasteiger partial charge in [0.05, 0.1) is 6.42 Å². The van der Waals surface area contributed by atoms with Gasteiger partial charge in [0.25, 0.3) is 5.01 Å². The molecule has 114 valence electrons. The number of rotatable bonds is 3. The molecule has 5 nitrogen and oxygen atoms in total. The lowest BCUT2D eigenvalue weighted by atomic mass is 9.92. The van der Waals surface area contributed by atoms with Gasteiger partial charge in [-0.1, -0.05) is 51.1 Å². The van der Waals surface area contributed by atoms with Crippen molar-refractivity contribution >= 4 is 10.7 Å². The number of nitrogen functional groups attached to an aromatic ring is 1. The summed E-state index contributed by atoms with van der Waals surface area (Å²) < 4.78 is 1.76. The molecule has 0 radical (unpaired) electrons. The molecule has 1 unspecified atom stereocenters. The molecule has 2 heterocycles. The van der Waals surface area contributed by atoms with E-state index >= 15 is 0 Å². The molecule has 0 amide bonds. The van der Waals surface area contributed by atoms with Crippen LogP contribution in [0.4, 0.5) is 0 Å². The maximum atomic E-state index is 6.50. The Balaban J connectivity index is 2.10. The van der Waals surface area contributed by atoms with Gasteiger partial charge in [-0.25, -0.2) is 4.98 Å². The van der Waals surface area contributed by atoms with Crippen LogP contribution in [0.2, 0.25) is 0 Å². The van der Waals surface area contributed by atoms with Gasteiger partial charge in [0.2, 0.25) is 0 Å². The van der Waals surface area contributed by atoms with Crippen molar-refractivity contribution in [1.29, 1.82) is 0 Å². The van der Waals surface area contributed by atoms with Crippen molar-refractivity contribution in [2.24, 2.45) is 0 Å². The van der Waals surface area contributed by atoms with Crippen molar-refractivity contribution in [3.63, 3.8) is 0 Å². The van der Waals surface area contributed by atoms with Crippen molar-refractivity contribution in [3.8, 4) is 5.00 Å². The van der Waals surface area contributed by atoms with E-state index in [-0.39, 0.29) is 5.41 Å². The van der Waals surface area contributed by atoms with E-state index in [0.717, 1.165) is 22.1 Å². The van der Waals surface area contributed by atoms with E-state index in [1.807, 2.05) is 18.2 Å². The van der Waals surface area contributed by atoms with Gasteiger partial charge in [-0.3, -0.25) is 0 Å². The van der Waals surface area contributed by atoms with Crippen molar-refractivity contribution in [2.45, 2.75) is 32.6 Å². The predicted molar refractivity (Wildman–Crippen MR) is 89.7 cm³/mol. The first-order chi connectivity index (χ1) is 10.5. The summed E-state index contributed by atoms with van der Waals surface area (Å²) in [5.41, 5.74) is 2.12. The fourth-order valence-corrected chi connectivity index (χ4v) is 3.93. The molecule has 3 rings (SSSR count). The monoisotopic (exact) mass is 314 g/mol. The first-order valence-electron chi connectivity index (χ1n) is 7.17. The molecule has 0 aliphatic carbocycles. The number of nitrogens with two attached hydrogens (primary N) is 1. The summed E-state index contributed by atoms with van der Waals surface area (Å²) in [5, 5.41) is 12.7. The summed E-state index contributed by atoms with van der Waals surface area (Å²) in [6.45, 7) is 6.43. The molecule has 1 aromatic carbocycles. The number of thiazole rings is 1. The highest BCUT2D eigenvalue weighted by Crippen LogP contribution is 2.37. The summed E-state index contributed by atoms with van der Waals surface area (Å²) in [7, 11) is -0.565. The minimum atomic E-state index is -0.565. The fraction of sp³-hybridized carbons (Fsp3) is 0.312. The van der Waals surface area contributed by atoms with Crippen LogP contribution in [-0.4, -0.2) is 19.7 Å². The second kappa shape index (κ2) is 5.62. The number of hydrogen-bond acceptors (Lipinski definition) is 4. The third-order valence-corrected chi connectivity index (χ3v) is 4.98. The van der Waals surface area contributed by atoms with Gasteiger partial charge in [-0.05, 0) is 5.56 Å². The van der Waals surface area contributed by atoms with Crippen LogP contribution in [0.3, 0.4) is 0 Å². The standard InChI is InChI=1S/C16H20N5S/c1-16(2,3)14-15(21-11-18-10-19-21)22(17)13(20-14)9-12-7-5-4-6-8-12/h4-8,10-11H,9,17H2,1-3H3/q+1.